The molecule has 0 saturated heterocycles. The zero-order chi connectivity index (χ0) is 15.7. The molecular formula is C16H17NO4. The number of carboxylic acids is 2. The Kier molecular flexibility index (Phi) is 6.72. The van der Waals surface area contributed by atoms with Gasteiger partial charge in [0.1, 0.15) is 6.54 Å². The second-order valence-corrected chi connectivity index (χ2v) is 4.52. The maximum atomic E-state index is 9.04. The molecule has 0 aliphatic carbocycles. The van der Waals surface area contributed by atoms with E-state index in [1.807, 2.05) is 0 Å². The van der Waals surface area contributed by atoms with Crippen molar-refractivity contribution >= 4 is 17.5 Å². The maximum Gasteiger partial charge on any atom is 0.351 e. The number of hydrogen-bond donors (Lipinski definition) is 2. The molecule has 0 spiro atoms. The van der Waals surface area contributed by atoms with Crippen LogP contribution in [0.25, 0.3) is 5.57 Å². The van der Waals surface area contributed by atoms with Crippen molar-refractivity contribution in [1.82, 2.24) is 0 Å². The second kappa shape index (κ2) is 8.56. The highest BCUT2D eigenvalue weighted by atomic mass is 16.4. The Labute approximate surface area is 123 Å². The molecule has 0 aromatic heterocycles. The van der Waals surface area contributed by atoms with Crippen molar-refractivity contribution in [3.05, 3.63) is 42.0 Å². The number of carboxylic acid groups (broad SMARTS) is 2. The van der Waals surface area contributed by atoms with E-state index in [0.29, 0.717) is 0 Å². The van der Waals surface area contributed by atoms with E-state index >= 15 is 0 Å². The summed E-state index contributed by atoms with van der Waals surface area (Å²) in [6.07, 6.45) is 8.78. The van der Waals surface area contributed by atoms with Crippen molar-refractivity contribution in [2.45, 2.75) is 6.42 Å². The predicted octanol–water partition coefficient (Wildman–Crippen LogP) is -1.19. The summed E-state index contributed by atoms with van der Waals surface area (Å²) >= 11 is 0. The summed E-state index contributed by atoms with van der Waals surface area (Å²) in [5, 5.41) is 16.3. The van der Waals surface area contributed by atoms with Crippen LogP contribution in [0.1, 0.15) is 12.0 Å². The molecule has 5 nitrogen and oxygen atoms in total. The van der Waals surface area contributed by atoms with Gasteiger partial charge in [-0.1, -0.05) is 30.3 Å². The Balaban J connectivity index is 0.000000315. The lowest BCUT2D eigenvalue weighted by Crippen LogP contribution is -3.12. The minimum absolute atomic E-state index is 0.846. The smallest absolute Gasteiger partial charge is 0.351 e. The van der Waals surface area contributed by atoms with Crippen LogP contribution in [0.2, 0.25) is 0 Å². The first-order valence-electron chi connectivity index (χ1n) is 6.50. The van der Waals surface area contributed by atoms with E-state index in [1.54, 1.807) is 0 Å². The van der Waals surface area contributed by atoms with Crippen LogP contribution >= 0.6 is 0 Å². The average molecular weight is 287 g/mol. The van der Waals surface area contributed by atoms with Crippen molar-refractivity contribution in [3.8, 4) is 12.3 Å². The molecule has 5 heteroatoms. The minimum atomic E-state index is -2.07. The van der Waals surface area contributed by atoms with Gasteiger partial charge in [-0.05, 0) is 23.1 Å². The fraction of sp³-hybridized carbons (Fsp3) is 0.250. The van der Waals surface area contributed by atoms with Crippen LogP contribution in [-0.2, 0) is 9.59 Å². The minimum Gasteiger partial charge on any atom is -0.539 e. The van der Waals surface area contributed by atoms with Crippen LogP contribution in [0.5, 0.6) is 0 Å². The molecule has 1 aromatic rings. The molecule has 1 heterocycles. The molecule has 1 atom stereocenters. The number of carbonyl (C=O) groups is 2. The third-order valence-corrected chi connectivity index (χ3v) is 3.06. The highest BCUT2D eigenvalue weighted by Crippen LogP contribution is 2.17. The molecule has 110 valence electrons. The number of hydrogen-bond acceptors (Lipinski definition) is 3. The first kappa shape index (κ1) is 16.5. The van der Waals surface area contributed by atoms with Crippen LogP contribution < -0.4 is 10.0 Å². The Bertz CT molecular complexity index is 545. The number of carbonyl (C=O) groups excluding carboxylic acids is 1. The number of benzene rings is 1. The van der Waals surface area contributed by atoms with Crippen LogP contribution in [-0.4, -0.2) is 36.7 Å². The zero-order valence-electron chi connectivity index (χ0n) is 11.5. The van der Waals surface area contributed by atoms with Crippen molar-refractivity contribution in [2.24, 2.45) is 0 Å². The predicted molar refractivity (Wildman–Crippen MR) is 76.1 cm³/mol. The van der Waals surface area contributed by atoms with Crippen molar-refractivity contribution < 1.29 is 24.7 Å². The van der Waals surface area contributed by atoms with E-state index < -0.39 is 11.9 Å². The van der Waals surface area contributed by atoms with E-state index in [9.17, 15) is 0 Å². The van der Waals surface area contributed by atoms with Gasteiger partial charge in [-0.25, -0.2) is 4.79 Å². The molecule has 1 aliphatic heterocycles. The van der Waals surface area contributed by atoms with Gasteiger partial charge in [0, 0.05) is 6.42 Å². The van der Waals surface area contributed by atoms with E-state index in [2.05, 4.69) is 42.3 Å². The van der Waals surface area contributed by atoms with Crippen LogP contribution in [0.4, 0.5) is 0 Å². The summed E-state index contributed by atoms with van der Waals surface area (Å²) in [6, 6.07) is 10.6. The lowest BCUT2D eigenvalue weighted by Gasteiger charge is -2.21. The summed E-state index contributed by atoms with van der Waals surface area (Å²) in [5.74, 6) is -1.28. The third kappa shape index (κ3) is 5.93. The summed E-state index contributed by atoms with van der Waals surface area (Å²) < 4.78 is 0. The number of rotatable bonds is 2. The molecule has 0 amide bonds. The number of aliphatic carboxylic acids is 2. The van der Waals surface area contributed by atoms with Crippen LogP contribution in [0.3, 0.4) is 0 Å². The van der Waals surface area contributed by atoms with Gasteiger partial charge in [-0.2, -0.15) is 0 Å². The highest BCUT2D eigenvalue weighted by Gasteiger charge is 2.14. The quantitative estimate of drug-likeness (QED) is 0.529. The Morgan fingerprint density at radius 3 is 2.38 bits per heavy atom. The van der Waals surface area contributed by atoms with Gasteiger partial charge in [0.15, 0.2) is 5.97 Å². The monoisotopic (exact) mass is 287 g/mol. The summed E-state index contributed by atoms with van der Waals surface area (Å²) in [6.45, 7) is 3.07. The average Bonchev–Trinajstić information content (AvgIpc) is 2.50. The SMILES string of the molecule is C#CC[NH+]1CC=C(c2ccccc2)CC1.O=C([O-])C(=O)O. The van der Waals surface area contributed by atoms with Crippen molar-refractivity contribution in [1.29, 1.82) is 0 Å². The molecule has 2 N–H and O–H groups in total. The highest BCUT2D eigenvalue weighted by molar-refractivity contribution is 6.26. The second-order valence-electron chi connectivity index (χ2n) is 4.52. The number of terminal acetylenes is 1. The summed E-state index contributed by atoms with van der Waals surface area (Å²) in [7, 11) is 0. The van der Waals surface area contributed by atoms with Gasteiger partial charge in [-0.15, -0.1) is 6.42 Å². The van der Waals surface area contributed by atoms with E-state index in [4.69, 9.17) is 26.2 Å². The van der Waals surface area contributed by atoms with Crippen LogP contribution in [0, 0.1) is 12.3 Å². The summed E-state index contributed by atoms with van der Waals surface area (Å²) in [4.78, 5) is 19.5. The molecule has 1 aliphatic rings. The van der Waals surface area contributed by atoms with Gasteiger partial charge >= 0.3 is 5.97 Å². The topological polar surface area (TPSA) is 81.9 Å². The normalized spacial score (nSPS) is 16.7. The standard InChI is InChI=1S/C14H15N.C2H2O4/c1-2-10-15-11-8-14(9-12-15)13-6-4-3-5-7-13;3-1(4)2(5)6/h1,3-8H,9-12H2;(H,3,4)(H,5,6). The van der Waals surface area contributed by atoms with Gasteiger partial charge in [0.25, 0.3) is 0 Å². The lowest BCUT2D eigenvalue weighted by molar-refractivity contribution is -0.887. The Morgan fingerprint density at radius 1 is 1.33 bits per heavy atom. The first-order valence-corrected chi connectivity index (χ1v) is 6.50. The van der Waals surface area contributed by atoms with Crippen molar-refractivity contribution in [2.75, 3.05) is 19.6 Å². The van der Waals surface area contributed by atoms with Gasteiger partial charge < -0.3 is 19.9 Å². The molecular weight excluding hydrogens is 270 g/mol. The van der Waals surface area contributed by atoms with E-state index in [1.165, 1.54) is 16.0 Å². The molecule has 1 unspecified atom stereocenters. The maximum absolute atomic E-state index is 9.04. The molecule has 0 radical (unpaired) electrons. The van der Waals surface area contributed by atoms with E-state index in [0.717, 1.165) is 26.1 Å². The van der Waals surface area contributed by atoms with Gasteiger partial charge in [-0.3, -0.25) is 0 Å². The molecule has 21 heavy (non-hydrogen) atoms. The first-order chi connectivity index (χ1) is 10.0. The largest absolute Gasteiger partial charge is 0.539 e. The zero-order valence-corrected chi connectivity index (χ0v) is 11.5. The molecule has 1 aromatic carbocycles. The van der Waals surface area contributed by atoms with Crippen molar-refractivity contribution in [3.63, 3.8) is 0 Å². The fourth-order valence-electron chi connectivity index (χ4n) is 2.00. The summed E-state index contributed by atoms with van der Waals surface area (Å²) in [5.41, 5.74) is 2.83. The molecule has 0 saturated carbocycles. The molecule has 0 fully saturated rings. The molecule has 0 bridgehead atoms. The van der Waals surface area contributed by atoms with Gasteiger partial charge in [0.05, 0.1) is 13.1 Å². The lowest BCUT2D eigenvalue weighted by atomic mass is 10.00. The number of quaternary nitrogens is 1. The Hall–Kier alpha value is -2.58. The fourth-order valence-corrected chi connectivity index (χ4v) is 2.00. The van der Waals surface area contributed by atoms with Crippen LogP contribution in [0.15, 0.2) is 36.4 Å². The number of nitrogens with one attached hydrogen (secondary N) is 1. The van der Waals surface area contributed by atoms with E-state index in [-0.39, 0.29) is 0 Å². The Morgan fingerprint density at radius 2 is 1.95 bits per heavy atom. The third-order valence-electron chi connectivity index (χ3n) is 3.06. The molecule has 2 rings (SSSR count). The van der Waals surface area contributed by atoms with Gasteiger partial charge in [0.2, 0.25) is 0 Å².